The van der Waals surface area contributed by atoms with Gasteiger partial charge in [0.1, 0.15) is 0 Å². The van der Waals surface area contributed by atoms with Crippen molar-refractivity contribution >= 4 is 17.3 Å². The molecule has 1 fully saturated rings. The summed E-state index contributed by atoms with van der Waals surface area (Å²) in [6, 6.07) is 15.6. The fourth-order valence-electron chi connectivity index (χ4n) is 2.66. The second kappa shape index (κ2) is 5.58. The number of nitrogens with zero attached hydrogens (tertiary/aromatic N) is 1. The number of hydrogen-bond acceptors (Lipinski definition) is 3. The van der Waals surface area contributed by atoms with E-state index in [4.69, 9.17) is 5.73 Å². The average molecular weight is 282 g/mol. The molecule has 0 aliphatic carbocycles. The molecule has 0 radical (unpaired) electrons. The van der Waals surface area contributed by atoms with Crippen molar-refractivity contribution in [2.45, 2.75) is 6.42 Å². The summed E-state index contributed by atoms with van der Waals surface area (Å²) in [5.41, 5.74) is 9.50. The number of carbonyl (C=O) groups is 1. The summed E-state index contributed by atoms with van der Waals surface area (Å²) in [5, 5.41) is 9.17. The summed E-state index contributed by atoms with van der Waals surface area (Å²) in [7, 11) is 0. The Morgan fingerprint density at radius 2 is 1.62 bits per heavy atom. The van der Waals surface area contributed by atoms with Crippen LogP contribution in [0.15, 0.2) is 48.5 Å². The number of nitrogens with two attached hydrogens (primary N) is 1. The Hall–Kier alpha value is -2.33. The van der Waals surface area contributed by atoms with Gasteiger partial charge >= 0.3 is 0 Å². The predicted molar refractivity (Wildman–Crippen MR) is 83.8 cm³/mol. The molecule has 21 heavy (non-hydrogen) atoms. The van der Waals surface area contributed by atoms with Crippen molar-refractivity contribution in [3.63, 3.8) is 0 Å². The summed E-state index contributed by atoms with van der Waals surface area (Å²) >= 11 is 0. The summed E-state index contributed by atoms with van der Waals surface area (Å²) in [6.45, 7) is 0.655. The van der Waals surface area contributed by atoms with Gasteiger partial charge < -0.3 is 15.7 Å². The molecule has 1 heterocycles. The number of amides is 1. The number of hydrogen-bond donors (Lipinski definition) is 2. The van der Waals surface area contributed by atoms with Crippen molar-refractivity contribution in [1.82, 2.24) is 0 Å². The molecule has 2 aromatic rings. The number of benzene rings is 2. The lowest BCUT2D eigenvalue weighted by atomic mass is 10.0. The van der Waals surface area contributed by atoms with E-state index in [-0.39, 0.29) is 18.4 Å². The zero-order chi connectivity index (χ0) is 14.8. The number of aliphatic hydroxyl groups is 1. The van der Waals surface area contributed by atoms with Crippen LogP contribution in [-0.4, -0.2) is 24.2 Å². The molecule has 3 rings (SSSR count). The minimum absolute atomic E-state index is 0.0503. The first kappa shape index (κ1) is 13.6. The molecule has 1 aliphatic rings. The molecule has 4 heteroatoms. The minimum atomic E-state index is 0.0503. The molecule has 1 aliphatic heterocycles. The molecule has 0 bridgehead atoms. The number of rotatable bonds is 3. The molecule has 1 saturated heterocycles. The van der Waals surface area contributed by atoms with Crippen molar-refractivity contribution in [2.24, 2.45) is 5.92 Å². The Bertz CT molecular complexity index is 635. The summed E-state index contributed by atoms with van der Waals surface area (Å²) < 4.78 is 0. The first-order chi connectivity index (χ1) is 10.2. The van der Waals surface area contributed by atoms with E-state index in [2.05, 4.69) is 0 Å². The van der Waals surface area contributed by atoms with E-state index in [9.17, 15) is 9.90 Å². The second-order valence-electron chi connectivity index (χ2n) is 5.43. The molecule has 0 saturated carbocycles. The van der Waals surface area contributed by atoms with Crippen LogP contribution in [0.3, 0.4) is 0 Å². The van der Waals surface area contributed by atoms with Crippen molar-refractivity contribution in [1.29, 1.82) is 0 Å². The highest BCUT2D eigenvalue weighted by atomic mass is 16.3. The van der Waals surface area contributed by atoms with Gasteiger partial charge in [0.05, 0.1) is 0 Å². The van der Waals surface area contributed by atoms with Crippen LogP contribution in [-0.2, 0) is 4.79 Å². The van der Waals surface area contributed by atoms with Gasteiger partial charge in [-0.15, -0.1) is 0 Å². The van der Waals surface area contributed by atoms with E-state index in [1.54, 1.807) is 4.90 Å². The van der Waals surface area contributed by atoms with Crippen molar-refractivity contribution in [3.05, 3.63) is 48.5 Å². The predicted octanol–water partition coefficient (Wildman–Crippen LogP) is 2.28. The van der Waals surface area contributed by atoms with Gasteiger partial charge in [-0.1, -0.05) is 24.3 Å². The zero-order valence-corrected chi connectivity index (χ0v) is 11.7. The molecule has 108 valence electrons. The lowest BCUT2D eigenvalue weighted by Crippen LogP contribution is -2.24. The molecule has 2 aromatic carbocycles. The molecule has 3 N–H and O–H groups in total. The quantitative estimate of drug-likeness (QED) is 0.849. The van der Waals surface area contributed by atoms with Crippen LogP contribution in [0.2, 0.25) is 0 Å². The number of nitrogen functional groups attached to an aromatic ring is 1. The van der Waals surface area contributed by atoms with Crippen molar-refractivity contribution in [2.75, 3.05) is 23.8 Å². The highest BCUT2D eigenvalue weighted by Gasteiger charge is 2.29. The SMILES string of the molecule is Nc1ccc(-c2ccc(N3CC(CO)CC3=O)cc2)cc1. The van der Waals surface area contributed by atoms with Gasteiger partial charge in [-0.2, -0.15) is 0 Å². The Kier molecular flexibility index (Phi) is 3.62. The monoisotopic (exact) mass is 282 g/mol. The number of aliphatic hydroxyl groups excluding tert-OH is 1. The molecule has 0 aromatic heterocycles. The molecule has 0 spiro atoms. The smallest absolute Gasteiger partial charge is 0.227 e. The van der Waals surface area contributed by atoms with Crippen molar-refractivity contribution in [3.8, 4) is 11.1 Å². The van der Waals surface area contributed by atoms with Gasteiger partial charge in [0, 0.05) is 36.9 Å². The lowest BCUT2D eigenvalue weighted by molar-refractivity contribution is -0.117. The number of carbonyl (C=O) groups excluding carboxylic acids is 1. The molecule has 1 amide bonds. The molecule has 4 nitrogen and oxygen atoms in total. The number of anilines is 2. The van der Waals surface area contributed by atoms with E-state index < -0.39 is 0 Å². The van der Waals surface area contributed by atoms with E-state index >= 15 is 0 Å². The van der Waals surface area contributed by atoms with Crippen LogP contribution < -0.4 is 10.6 Å². The van der Waals surface area contributed by atoms with Gasteiger partial charge in [-0.3, -0.25) is 4.79 Å². The minimum Gasteiger partial charge on any atom is -0.399 e. The molecular formula is C17H18N2O2. The summed E-state index contributed by atoms with van der Waals surface area (Å²) in [4.78, 5) is 13.7. The Morgan fingerprint density at radius 1 is 1.05 bits per heavy atom. The fourth-order valence-corrected chi connectivity index (χ4v) is 2.66. The van der Waals surface area contributed by atoms with E-state index in [1.807, 2.05) is 48.5 Å². The maximum atomic E-state index is 11.9. The third kappa shape index (κ3) is 2.76. The standard InChI is InChI=1S/C17H18N2O2/c18-15-5-1-13(2-6-15)14-3-7-16(8-4-14)19-10-12(11-20)9-17(19)21/h1-8,12,20H,9-11,18H2. The summed E-state index contributed by atoms with van der Waals surface area (Å²) in [5.74, 6) is 0.128. The highest BCUT2D eigenvalue weighted by Crippen LogP contribution is 2.28. The first-order valence-corrected chi connectivity index (χ1v) is 7.04. The highest BCUT2D eigenvalue weighted by molar-refractivity contribution is 5.96. The zero-order valence-electron chi connectivity index (χ0n) is 11.7. The second-order valence-corrected chi connectivity index (χ2v) is 5.43. The van der Waals surface area contributed by atoms with E-state index in [0.717, 1.165) is 22.5 Å². The van der Waals surface area contributed by atoms with Crippen LogP contribution in [0.25, 0.3) is 11.1 Å². The van der Waals surface area contributed by atoms with Crippen LogP contribution in [0.5, 0.6) is 0 Å². The Labute approximate surface area is 123 Å². The first-order valence-electron chi connectivity index (χ1n) is 7.04. The van der Waals surface area contributed by atoms with Crippen molar-refractivity contribution < 1.29 is 9.90 Å². The Balaban J connectivity index is 1.81. The normalized spacial score (nSPS) is 18.2. The van der Waals surface area contributed by atoms with E-state index in [0.29, 0.717) is 13.0 Å². The lowest BCUT2D eigenvalue weighted by Gasteiger charge is -2.17. The Morgan fingerprint density at radius 3 is 2.14 bits per heavy atom. The molecule has 1 atom stereocenters. The topological polar surface area (TPSA) is 66.6 Å². The van der Waals surface area contributed by atoms with Crippen LogP contribution >= 0.6 is 0 Å². The van der Waals surface area contributed by atoms with Crippen LogP contribution in [0, 0.1) is 5.92 Å². The van der Waals surface area contributed by atoms with Crippen LogP contribution in [0.1, 0.15) is 6.42 Å². The summed E-state index contributed by atoms with van der Waals surface area (Å²) in [6.07, 6.45) is 0.427. The van der Waals surface area contributed by atoms with Crippen LogP contribution in [0.4, 0.5) is 11.4 Å². The van der Waals surface area contributed by atoms with E-state index in [1.165, 1.54) is 0 Å². The third-order valence-electron chi connectivity index (χ3n) is 3.89. The van der Waals surface area contributed by atoms with Gasteiger partial charge in [0.2, 0.25) is 5.91 Å². The average Bonchev–Trinajstić information content (AvgIpc) is 2.89. The maximum Gasteiger partial charge on any atom is 0.227 e. The van der Waals surface area contributed by atoms with Gasteiger partial charge in [-0.25, -0.2) is 0 Å². The van der Waals surface area contributed by atoms with Gasteiger partial charge in [0.15, 0.2) is 0 Å². The third-order valence-corrected chi connectivity index (χ3v) is 3.89. The van der Waals surface area contributed by atoms with Gasteiger partial charge in [-0.05, 0) is 35.4 Å². The molecule has 1 unspecified atom stereocenters. The van der Waals surface area contributed by atoms with Gasteiger partial charge in [0.25, 0.3) is 0 Å². The maximum absolute atomic E-state index is 11.9. The molecular weight excluding hydrogens is 264 g/mol. The fraction of sp³-hybridized carbons (Fsp3) is 0.235. The largest absolute Gasteiger partial charge is 0.399 e.